The van der Waals surface area contributed by atoms with Gasteiger partial charge in [0, 0.05) is 18.0 Å². The molecule has 0 saturated heterocycles. The van der Waals surface area contributed by atoms with E-state index in [1.54, 1.807) is 14.1 Å². The molecule has 0 bridgehead atoms. The number of allylic oxidation sites excluding steroid dienone is 1. The first kappa shape index (κ1) is 31.8. The van der Waals surface area contributed by atoms with Gasteiger partial charge in [-0.2, -0.15) is 13.2 Å². The van der Waals surface area contributed by atoms with E-state index in [2.05, 4.69) is 0 Å². The Labute approximate surface area is 243 Å². The molecule has 9 nitrogen and oxygen atoms in total. The predicted molar refractivity (Wildman–Crippen MR) is 149 cm³/mol. The number of rotatable bonds is 8. The number of nitrogens with zero attached hydrogens (tertiary/aromatic N) is 2. The number of primary amides is 1. The van der Waals surface area contributed by atoms with Crippen LogP contribution in [0, 0.1) is 23.2 Å². The van der Waals surface area contributed by atoms with Crippen LogP contribution in [-0.4, -0.2) is 82.0 Å². The van der Waals surface area contributed by atoms with Gasteiger partial charge in [-0.25, -0.2) is 0 Å². The number of hydrogen-bond acceptors (Lipinski definition) is 8. The number of aromatic hydroxyl groups is 1. The van der Waals surface area contributed by atoms with Gasteiger partial charge in [-0.3, -0.25) is 24.2 Å². The maximum atomic E-state index is 14.7. The van der Waals surface area contributed by atoms with Gasteiger partial charge in [0.15, 0.2) is 11.6 Å². The van der Waals surface area contributed by atoms with E-state index in [1.165, 1.54) is 11.8 Å². The third-order valence-corrected chi connectivity index (χ3v) is 9.32. The fourth-order valence-corrected chi connectivity index (χ4v) is 7.38. The van der Waals surface area contributed by atoms with Crippen molar-refractivity contribution in [3.8, 4) is 5.75 Å². The molecule has 0 aromatic heterocycles. The van der Waals surface area contributed by atoms with Crippen LogP contribution >= 0.6 is 0 Å². The maximum absolute atomic E-state index is 14.7. The molecule has 12 heteroatoms. The number of fused-ring (bicyclic) bond motifs is 3. The van der Waals surface area contributed by atoms with Crippen LogP contribution in [0.25, 0.3) is 0 Å². The van der Waals surface area contributed by atoms with Crippen LogP contribution in [0.15, 0.2) is 17.2 Å². The van der Waals surface area contributed by atoms with Crippen molar-refractivity contribution in [2.75, 3.05) is 27.2 Å². The van der Waals surface area contributed by atoms with Crippen LogP contribution in [0.5, 0.6) is 5.75 Å². The summed E-state index contributed by atoms with van der Waals surface area (Å²) in [6, 6.07) is -0.0647. The first-order valence-corrected chi connectivity index (χ1v) is 14.3. The molecule has 4 rings (SSSR count). The van der Waals surface area contributed by atoms with Gasteiger partial charge < -0.3 is 21.4 Å². The summed E-state index contributed by atoms with van der Waals surface area (Å²) in [5.41, 5.74) is 0.774. The largest absolute Gasteiger partial charge is 0.507 e. The van der Waals surface area contributed by atoms with Crippen LogP contribution < -0.4 is 5.73 Å². The predicted octanol–water partition coefficient (Wildman–Crippen LogP) is 3.09. The van der Waals surface area contributed by atoms with Gasteiger partial charge in [0.2, 0.25) is 5.91 Å². The van der Waals surface area contributed by atoms with E-state index in [9.17, 15) is 37.8 Å². The van der Waals surface area contributed by atoms with E-state index in [-0.39, 0.29) is 41.7 Å². The van der Waals surface area contributed by atoms with Crippen molar-refractivity contribution in [2.24, 2.45) is 23.5 Å². The average molecular weight is 593 g/mol. The highest BCUT2D eigenvalue weighted by atomic mass is 19.4. The van der Waals surface area contributed by atoms with Gasteiger partial charge in [0.25, 0.3) is 0 Å². The Balaban J connectivity index is 1.92. The smallest absolute Gasteiger partial charge is 0.417 e. The minimum Gasteiger partial charge on any atom is -0.507 e. The number of Topliss-reactive ketones (excluding diaryl/α,β-unsaturated/α-hetero) is 2. The van der Waals surface area contributed by atoms with Gasteiger partial charge >= 0.3 is 6.18 Å². The first-order valence-electron chi connectivity index (χ1n) is 14.3. The lowest BCUT2D eigenvalue weighted by atomic mass is 9.54. The zero-order valence-corrected chi connectivity index (χ0v) is 24.6. The zero-order valence-electron chi connectivity index (χ0n) is 24.6. The van der Waals surface area contributed by atoms with Gasteiger partial charge in [-0.1, -0.05) is 20.3 Å². The molecule has 5 N–H and O–H groups in total. The molecule has 5 atom stereocenters. The number of benzene rings is 1. The Morgan fingerprint density at radius 3 is 2.40 bits per heavy atom. The highest BCUT2D eigenvalue weighted by molar-refractivity contribution is 6.26. The molecule has 0 aliphatic heterocycles. The van der Waals surface area contributed by atoms with Crippen molar-refractivity contribution in [3.63, 3.8) is 0 Å². The van der Waals surface area contributed by atoms with Gasteiger partial charge in [-0.15, -0.1) is 0 Å². The minimum absolute atomic E-state index is 0.00428. The third kappa shape index (κ3) is 4.87. The molecule has 1 aromatic rings. The summed E-state index contributed by atoms with van der Waals surface area (Å²) in [5, 5.41) is 31.7. The topological polar surface area (TPSA) is 148 Å². The Morgan fingerprint density at radius 2 is 1.88 bits per heavy atom. The molecule has 42 heavy (non-hydrogen) atoms. The lowest BCUT2D eigenvalue weighted by Crippen LogP contribution is -2.69. The summed E-state index contributed by atoms with van der Waals surface area (Å²) in [5.74, 6) is -6.77. The number of phenols is 1. The molecule has 0 radical (unpaired) electrons. The second-order valence-electron chi connectivity index (χ2n) is 11.9. The van der Waals surface area contributed by atoms with Crippen molar-refractivity contribution in [3.05, 3.63) is 39.5 Å². The lowest BCUT2D eigenvalue weighted by molar-refractivity contribution is -0.139. The number of unbranched alkanes of at least 4 members (excludes halogenated alkanes) is 1. The molecular formula is C30H39F3N4O5. The van der Waals surface area contributed by atoms with Crippen LogP contribution in [0.4, 0.5) is 13.2 Å². The van der Waals surface area contributed by atoms with Crippen LogP contribution in [0.1, 0.15) is 67.1 Å². The van der Waals surface area contributed by atoms with E-state index >= 15 is 0 Å². The number of likely N-dealkylation sites (N-methyl/N-ethyl adjacent to an activating group) is 1. The molecular weight excluding hydrogens is 553 g/mol. The standard InChI is InChI=1S/C30H39F3N4O5/c1-6-8-9-37(7-2)13-16-12-19(38)21-17(23(16)30(31,32)33)10-15-11-18-24(36(4)5)26(40)22(28(35)41)27(34)29(18,42)14(3)20(15)25(21)39/h12,15,18,22,24,34,38,42H,6-11,13H2,1-5H3,(H2,35,41). The number of hydrogen-bond donors (Lipinski definition) is 4. The van der Waals surface area contributed by atoms with Crippen LogP contribution in [0.2, 0.25) is 0 Å². The summed E-state index contributed by atoms with van der Waals surface area (Å²) in [6.07, 6.45) is -3.49. The van der Waals surface area contributed by atoms with Crippen molar-refractivity contribution in [2.45, 2.75) is 70.8 Å². The molecule has 1 fully saturated rings. The number of carbonyl (C=O) groups excluding carboxylic acids is 3. The van der Waals surface area contributed by atoms with Gasteiger partial charge in [0.05, 0.1) is 22.9 Å². The molecule has 5 unspecified atom stereocenters. The summed E-state index contributed by atoms with van der Waals surface area (Å²) in [6.45, 7) is 6.25. The van der Waals surface area contributed by atoms with E-state index in [0.29, 0.717) is 13.1 Å². The molecule has 230 valence electrons. The van der Waals surface area contributed by atoms with Crippen molar-refractivity contribution in [1.82, 2.24) is 9.80 Å². The number of phenolic OH excluding ortho intramolecular Hbond substituents is 1. The molecule has 3 aliphatic carbocycles. The Bertz CT molecular complexity index is 1370. The maximum Gasteiger partial charge on any atom is 0.417 e. The number of alkyl halides is 3. The van der Waals surface area contributed by atoms with E-state index < -0.39 is 75.6 Å². The number of nitrogens with two attached hydrogens (primary N) is 1. The normalized spacial score (nSPS) is 27.8. The SMILES string of the molecule is CCCCN(CC)Cc1cc(O)c2c(c1C(F)(F)F)CC1CC3C(N(C)C)C(=O)C(C(N)=O)C(=N)C3(O)C(C)=C1C2=O. The Kier molecular flexibility index (Phi) is 8.49. The molecule has 3 aliphatic rings. The fraction of sp³-hybridized carbons (Fsp3) is 0.600. The highest BCUT2D eigenvalue weighted by Crippen LogP contribution is 2.54. The quantitative estimate of drug-likeness (QED) is 0.339. The summed E-state index contributed by atoms with van der Waals surface area (Å²) >= 11 is 0. The summed E-state index contributed by atoms with van der Waals surface area (Å²) < 4.78 is 44.2. The van der Waals surface area contributed by atoms with E-state index in [0.717, 1.165) is 18.9 Å². The lowest BCUT2D eigenvalue weighted by Gasteiger charge is -2.53. The monoisotopic (exact) mass is 592 g/mol. The van der Waals surface area contributed by atoms with Gasteiger partial charge in [0.1, 0.15) is 17.3 Å². The van der Waals surface area contributed by atoms with E-state index in [4.69, 9.17) is 11.1 Å². The fourth-order valence-electron chi connectivity index (χ4n) is 7.38. The summed E-state index contributed by atoms with van der Waals surface area (Å²) in [4.78, 5) is 42.9. The molecule has 0 spiro atoms. The first-order chi connectivity index (χ1) is 19.5. The second kappa shape index (κ2) is 11.2. The number of halogens is 3. The number of carbonyl (C=O) groups is 3. The number of nitrogens with one attached hydrogen (secondary N) is 1. The molecule has 1 amide bonds. The minimum atomic E-state index is -4.81. The summed E-state index contributed by atoms with van der Waals surface area (Å²) in [7, 11) is 3.13. The molecule has 1 saturated carbocycles. The third-order valence-electron chi connectivity index (χ3n) is 9.32. The van der Waals surface area contributed by atoms with Crippen molar-refractivity contribution in [1.29, 1.82) is 5.41 Å². The van der Waals surface area contributed by atoms with Gasteiger partial charge in [-0.05, 0) is 82.1 Å². The Hall–Kier alpha value is -3.09. The van der Waals surface area contributed by atoms with E-state index in [1.807, 2.05) is 18.7 Å². The Morgan fingerprint density at radius 1 is 1.24 bits per heavy atom. The average Bonchev–Trinajstić information content (AvgIpc) is 2.87. The highest BCUT2D eigenvalue weighted by Gasteiger charge is 2.63. The molecule has 1 aromatic carbocycles. The van der Waals surface area contributed by atoms with Crippen LogP contribution in [0.3, 0.4) is 0 Å². The zero-order chi connectivity index (χ0) is 31.5. The van der Waals surface area contributed by atoms with Crippen LogP contribution in [-0.2, 0) is 28.7 Å². The second-order valence-corrected chi connectivity index (χ2v) is 11.9. The molecule has 0 heterocycles. The number of amides is 1. The number of ketones is 2. The van der Waals surface area contributed by atoms with Crippen molar-refractivity contribution >= 4 is 23.2 Å². The van der Waals surface area contributed by atoms with Crippen molar-refractivity contribution < 1.29 is 37.8 Å². The number of aliphatic hydroxyl groups is 1.